The van der Waals surface area contributed by atoms with E-state index in [1.54, 1.807) is 30.2 Å². The van der Waals surface area contributed by atoms with Crippen molar-refractivity contribution in [2.75, 3.05) is 31.6 Å². The first-order valence-corrected chi connectivity index (χ1v) is 11.0. The number of amides is 1. The van der Waals surface area contributed by atoms with Crippen LogP contribution in [0.15, 0.2) is 48.8 Å². The van der Waals surface area contributed by atoms with Crippen LogP contribution < -0.4 is 9.64 Å². The second kappa shape index (κ2) is 8.34. The Balaban J connectivity index is 1.40. The van der Waals surface area contributed by atoms with Crippen molar-refractivity contribution in [2.45, 2.75) is 25.6 Å². The van der Waals surface area contributed by atoms with Crippen molar-refractivity contribution < 1.29 is 22.7 Å². The lowest BCUT2D eigenvalue weighted by Crippen LogP contribution is -2.65. The van der Waals surface area contributed by atoms with E-state index in [9.17, 15) is 18.0 Å². The second-order valence-corrected chi connectivity index (χ2v) is 8.72. The Morgan fingerprint density at radius 2 is 1.82 bits per heavy atom. The monoisotopic (exact) mass is 471 g/mol. The number of piperidine rings is 1. The minimum absolute atomic E-state index is 0.0734. The molecule has 178 valence electrons. The number of ether oxygens (including phenoxy) is 1. The predicted molar refractivity (Wildman–Crippen MR) is 119 cm³/mol. The van der Waals surface area contributed by atoms with Crippen LogP contribution in [0.25, 0.3) is 5.69 Å². The van der Waals surface area contributed by atoms with E-state index in [1.165, 1.54) is 29.3 Å². The number of aryl methyl sites for hydroxylation is 1. The first kappa shape index (κ1) is 22.2. The third kappa shape index (κ3) is 3.86. The summed E-state index contributed by atoms with van der Waals surface area (Å²) in [6.07, 6.45) is -0.515. The number of benzene rings is 2. The van der Waals surface area contributed by atoms with Gasteiger partial charge in [0, 0.05) is 37.3 Å². The number of methoxy groups -OCH3 is 1. The van der Waals surface area contributed by atoms with Gasteiger partial charge in [0.2, 0.25) is 0 Å². The summed E-state index contributed by atoms with van der Waals surface area (Å²) in [5.41, 5.74) is 1.65. The summed E-state index contributed by atoms with van der Waals surface area (Å²) in [6.45, 7) is 3.59. The number of carbonyl (C=O) groups is 1. The molecule has 2 saturated heterocycles. The van der Waals surface area contributed by atoms with Crippen LogP contribution in [0.4, 0.5) is 18.9 Å². The zero-order valence-electron chi connectivity index (χ0n) is 18.8. The molecule has 2 fully saturated rings. The lowest BCUT2D eigenvalue weighted by atomic mass is 9.81. The number of hydrogen-bond donors (Lipinski definition) is 0. The molecule has 10 heteroatoms. The zero-order valence-corrected chi connectivity index (χ0v) is 18.8. The molecule has 0 spiro atoms. The molecule has 34 heavy (non-hydrogen) atoms. The Kier molecular flexibility index (Phi) is 5.45. The van der Waals surface area contributed by atoms with E-state index in [2.05, 4.69) is 10.2 Å². The molecule has 1 aromatic heterocycles. The average molecular weight is 471 g/mol. The maximum absolute atomic E-state index is 13.5. The Morgan fingerprint density at radius 3 is 2.53 bits per heavy atom. The van der Waals surface area contributed by atoms with Crippen LogP contribution in [0.2, 0.25) is 0 Å². The molecule has 0 radical (unpaired) electrons. The number of halogens is 3. The highest BCUT2D eigenvalue weighted by molar-refractivity contribution is 5.98. The number of carbonyl (C=O) groups excluding carboxylic acids is 1. The minimum Gasteiger partial charge on any atom is -0.497 e. The molecule has 0 saturated carbocycles. The lowest BCUT2D eigenvalue weighted by molar-refractivity contribution is -0.137. The molecule has 3 aromatic rings. The van der Waals surface area contributed by atoms with Gasteiger partial charge in [-0.3, -0.25) is 4.79 Å². The highest BCUT2D eigenvalue weighted by atomic mass is 19.4. The maximum Gasteiger partial charge on any atom is 0.416 e. The number of hydrogen-bond acceptors (Lipinski definition) is 5. The van der Waals surface area contributed by atoms with Gasteiger partial charge in [0.1, 0.15) is 11.4 Å². The van der Waals surface area contributed by atoms with Gasteiger partial charge in [-0.2, -0.15) is 28.2 Å². The van der Waals surface area contributed by atoms with E-state index < -0.39 is 11.7 Å². The van der Waals surface area contributed by atoms with E-state index >= 15 is 0 Å². The number of likely N-dealkylation sites (tertiary alicyclic amines) is 1. The second-order valence-electron chi connectivity index (χ2n) is 8.72. The Bertz CT molecular complexity index is 1210. The molecule has 3 heterocycles. The van der Waals surface area contributed by atoms with Gasteiger partial charge in [-0.25, -0.2) is 0 Å². The molecular formula is C24H24F3N5O2. The van der Waals surface area contributed by atoms with Gasteiger partial charge in [0.25, 0.3) is 5.91 Å². The SMILES string of the molecule is COc1ccc(C(=O)N2CC3CCN(c4cc(C(F)(F)F)ccc4C)CC32)c(-n2nccn2)c1. The molecule has 0 aliphatic carbocycles. The molecule has 7 nitrogen and oxygen atoms in total. The number of fused-ring (bicyclic) bond motifs is 1. The van der Waals surface area contributed by atoms with Gasteiger partial charge < -0.3 is 14.5 Å². The van der Waals surface area contributed by atoms with E-state index in [1.807, 2.05) is 11.8 Å². The fraction of sp³-hybridized carbons (Fsp3) is 0.375. The maximum atomic E-state index is 13.5. The van der Waals surface area contributed by atoms with E-state index in [0.29, 0.717) is 48.2 Å². The van der Waals surface area contributed by atoms with Crippen molar-refractivity contribution in [1.29, 1.82) is 0 Å². The van der Waals surface area contributed by atoms with Crippen molar-refractivity contribution in [3.8, 4) is 11.4 Å². The standard InChI is InChI=1S/C24H24F3N5O2/c1-15-3-4-17(24(25,26)27)11-20(15)30-10-7-16-13-31(22(16)14-30)23(33)19-6-5-18(34-2)12-21(19)32-28-8-9-29-32/h3-6,8-9,11-12,16,22H,7,10,13-14H2,1-2H3. The predicted octanol–water partition coefficient (Wildman–Crippen LogP) is 3.95. The van der Waals surface area contributed by atoms with Crippen molar-refractivity contribution in [2.24, 2.45) is 5.92 Å². The Labute approximate surface area is 194 Å². The Hall–Kier alpha value is -3.56. The first-order valence-electron chi connectivity index (χ1n) is 11.0. The van der Waals surface area contributed by atoms with Crippen molar-refractivity contribution in [1.82, 2.24) is 19.9 Å². The highest BCUT2D eigenvalue weighted by Crippen LogP contribution is 2.39. The third-order valence-electron chi connectivity index (χ3n) is 6.76. The average Bonchev–Trinajstić information content (AvgIpc) is 3.34. The van der Waals surface area contributed by atoms with Crippen LogP contribution in [0.5, 0.6) is 5.75 Å². The minimum atomic E-state index is -4.40. The normalized spacial score (nSPS) is 20.0. The quantitative estimate of drug-likeness (QED) is 0.577. The zero-order chi connectivity index (χ0) is 24.0. The largest absolute Gasteiger partial charge is 0.497 e. The van der Waals surface area contributed by atoms with E-state index in [4.69, 9.17) is 4.74 Å². The summed E-state index contributed by atoms with van der Waals surface area (Å²) < 4.78 is 45.2. The van der Waals surface area contributed by atoms with Crippen molar-refractivity contribution in [3.05, 3.63) is 65.5 Å². The molecule has 2 aromatic carbocycles. The van der Waals surface area contributed by atoms with Gasteiger partial charge in [0.05, 0.1) is 36.7 Å². The van der Waals surface area contributed by atoms with E-state index in [0.717, 1.165) is 18.1 Å². The topological polar surface area (TPSA) is 63.5 Å². The van der Waals surface area contributed by atoms with Gasteiger partial charge >= 0.3 is 6.18 Å². The number of alkyl halides is 3. The molecule has 0 N–H and O–H groups in total. The summed E-state index contributed by atoms with van der Waals surface area (Å²) in [5, 5.41) is 8.32. The summed E-state index contributed by atoms with van der Waals surface area (Å²) >= 11 is 0. The molecule has 1 amide bonds. The molecule has 2 unspecified atom stereocenters. The molecule has 2 aliphatic rings. The number of anilines is 1. The number of rotatable bonds is 4. The van der Waals surface area contributed by atoms with Crippen LogP contribution in [-0.4, -0.2) is 58.6 Å². The first-order chi connectivity index (χ1) is 16.3. The number of nitrogens with zero attached hydrogens (tertiary/aromatic N) is 5. The molecular weight excluding hydrogens is 447 g/mol. The van der Waals surface area contributed by atoms with Crippen molar-refractivity contribution >= 4 is 11.6 Å². The fourth-order valence-corrected chi connectivity index (χ4v) is 4.85. The van der Waals surface area contributed by atoms with Crippen LogP contribution >= 0.6 is 0 Å². The van der Waals surface area contributed by atoms with Crippen LogP contribution in [0.3, 0.4) is 0 Å². The lowest BCUT2D eigenvalue weighted by Gasteiger charge is -2.54. The number of aromatic nitrogens is 3. The van der Waals surface area contributed by atoms with Crippen LogP contribution in [0.1, 0.15) is 27.9 Å². The molecule has 5 rings (SSSR count). The summed E-state index contributed by atoms with van der Waals surface area (Å²) in [6, 6.07) is 8.89. The summed E-state index contributed by atoms with van der Waals surface area (Å²) in [5.74, 6) is 0.754. The van der Waals surface area contributed by atoms with Gasteiger partial charge in [-0.15, -0.1) is 0 Å². The van der Waals surface area contributed by atoms with Crippen LogP contribution in [0, 0.1) is 12.8 Å². The van der Waals surface area contributed by atoms with E-state index in [-0.39, 0.29) is 11.9 Å². The van der Waals surface area contributed by atoms with Gasteiger partial charge in [-0.1, -0.05) is 6.07 Å². The smallest absolute Gasteiger partial charge is 0.416 e. The van der Waals surface area contributed by atoms with Crippen molar-refractivity contribution in [3.63, 3.8) is 0 Å². The summed E-state index contributed by atoms with van der Waals surface area (Å²) in [7, 11) is 1.55. The third-order valence-corrected chi connectivity index (χ3v) is 6.76. The van der Waals surface area contributed by atoms with Gasteiger partial charge in [0.15, 0.2) is 0 Å². The molecule has 0 bridgehead atoms. The fourth-order valence-electron chi connectivity index (χ4n) is 4.85. The molecule has 2 atom stereocenters. The highest BCUT2D eigenvalue weighted by Gasteiger charge is 2.46. The van der Waals surface area contributed by atoms with Gasteiger partial charge in [-0.05, 0) is 43.2 Å². The summed E-state index contributed by atoms with van der Waals surface area (Å²) in [4.78, 5) is 18.7. The Morgan fingerprint density at radius 1 is 1.06 bits per heavy atom. The molecule has 2 aliphatic heterocycles. The van der Waals surface area contributed by atoms with Crippen LogP contribution in [-0.2, 0) is 6.18 Å².